The van der Waals surface area contributed by atoms with Gasteiger partial charge in [-0.2, -0.15) is 0 Å². The summed E-state index contributed by atoms with van der Waals surface area (Å²) >= 11 is 6.08. The number of nitrogens with one attached hydrogen (secondary N) is 3. The second kappa shape index (κ2) is 6.71. The Kier molecular flexibility index (Phi) is 4.48. The number of benzene rings is 2. The minimum atomic E-state index is -0.576. The van der Waals surface area contributed by atoms with Gasteiger partial charge >= 0.3 is 6.03 Å². The SMILES string of the molecule is O=C1NC[C@H](C(=O)N[C@@H](c2ccccc2)c2cccc(Cl)c2)N1. The van der Waals surface area contributed by atoms with E-state index in [1.165, 1.54) is 0 Å². The van der Waals surface area contributed by atoms with Crippen LogP contribution in [0, 0.1) is 0 Å². The first-order chi connectivity index (χ1) is 11.1. The number of carbonyl (C=O) groups excluding carboxylic acids is 2. The lowest BCUT2D eigenvalue weighted by Crippen LogP contribution is -2.44. The van der Waals surface area contributed by atoms with Crippen LogP contribution < -0.4 is 16.0 Å². The highest BCUT2D eigenvalue weighted by molar-refractivity contribution is 6.30. The normalized spacial score (nSPS) is 18.0. The molecule has 0 spiro atoms. The molecule has 2 aromatic carbocycles. The molecular weight excluding hydrogens is 314 g/mol. The molecule has 1 aliphatic heterocycles. The summed E-state index contributed by atoms with van der Waals surface area (Å²) < 4.78 is 0. The Morgan fingerprint density at radius 2 is 1.87 bits per heavy atom. The molecule has 1 fully saturated rings. The summed E-state index contributed by atoms with van der Waals surface area (Å²) in [5.41, 5.74) is 1.83. The van der Waals surface area contributed by atoms with Crippen molar-refractivity contribution in [1.82, 2.24) is 16.0 Å². The second-order valence-electron chi connectivity index (χ2n) is 5.31. The number of hydrogen-bond acceptors (Lipinski definition) is 2. The average Bonchev–Trinajstić information content (AvgIpc) is 3.00. The highest BCUT2D eigenvalue weighted by Crippen LogP contribution is 2.24. The van der Waals surface area contributed by atoms with Crippen molar-refractivity contribution in [1.29, 1.82) is 0 Å². The summed E-state index contributed by atoms with van der Waals surface area (Å²) in [6.07, 6.45) is 0. The number of amides is 3. The van der Waals surface area contributed by atoms with Crippen LogP contribution in [-0.2, 0) is 4.79 Å². The molecule has 0 bridgehead atoms. The van der Waals surface area contributed by atoms with E-state index in [0.29, 0.717) is 5.02 Å². The summed E-state index contributed by atoms with van der Waals surface area (Å²) in [7, 11) is 0. The van der Waals surface area contributed by atoms with Crippen LogP contribution in [0.15, 0.2) is 54.6 Å². The van der Waals surface area contributed by atoms with Crippen LogP contribution in [0.25, 0.3) is 0 Å². The molecule has 1 aliphatic rings. The molecule has 0 radical (unpaired) electrons. The van der Waals surface area contributed by atoms with Gasteiger partial charge in [-0.3, -0.25) is 4.79 Å². The van der Waals surface area contributed by atoms with Gasteiger partial charge in [0.15, 0.2) is 0 Å². The van der Waals surface area contributed by atoms with Gasteiger partial charge < -0.3 is 16.0 Å². The predicted molar refractivity (Wildman–Crippen MR) is 88.2 cm³/mol. The molecular formula is C17H16ClN3O2. The third-order valence-electron chi connectivity index (χ3n) is 3.69. The zero-order chi connectivity index (χ0) is 16.2. The monoisotopic (exact) mass is 329 g/mol. The van der Waals surface area contributed by atoms with Gasteiger partial charge in [-0.1, -0.05) is 54.1 Å². The van der Waals surface area contributed by atoms with Crippen molar-refractivity contribution >= 4 is 23.5 Å². The maximum absolute atomic E-state index is 12.4. The Morgan fingerprint density at radius 3 is 2.52 bits per heavy atom. The molecule has 6 heteroatoms. The first kappa shape index (κ1) is 15.4. The lowest BCUT2D eigenvalue weighted by molar-refractivity contribution is -0.122. The van der Waals surface area contributed by atoms with Gasteiger partial charge in [0.05, 0.1) is 6.04 Å². The van der Waals surface area contributed by atoms with Gasteiger partial charge in [0.1, 0.15) is 6.04 Å². The van der Waals surface area contributed by atoms with E-state index in [1.54, 1.807) is 6.07 Å². The number of halogens is 1. The summed E-state index contributed by atoms with van der Waals surface area (Å²) in [5.74, 6) is -0.239. The van der Waals surface area contributed by atoms with Crippen molar-refractivity contribution in [3.05, 3.63) is 70.7 Å². The van der Waals surface area contributed by atoms with E-state index in [-0.39, 0.29) is 24.5 Å². The third kappa shape index (κ3) is 3.63. The molecule has 0 unspecified atom stereocenters. The number of urea groups is 1. The van der Waals surface area contributed by atoms with Crippen molar-refractivity contribution in [2.75, 3.05) is 6.54 Å². The van der Waals surface area contributed by atoms with Crippen LogP contribution in [0.4, 0.5) is 4.79 Å². The van der Waals surface area contributed by atoms with Crippen LogP contribution in [0.1, 0.15) is 17.2 Å². The van der Waals surface area contributed by atoms with E-state index in [2.05, 4.69) is 16.0 Å². The molecule has 2 atom stereocenters. The summed E-state index contributed by atoms with van der Waals surface area (Å²) in [5, 5.41) is 8.76. The minimum Gasteiger partial charge on any atom is -0.343 e. The van der Waals surface area contributed by atoms with Crippen molar-refractivity contribution in [2.45, 2.75) is 12.1 Å². The van der Waals surface area contributed by atoms with E-state index in [9.17, 15) is 9.59 Å². The largest absolute Gasteiger partial charge is 0.343 e. The summed E-state index contributed by atoms with van der Waals surface area (Å²) in [4.78, 5) is 23.6. The molecule has 0 saturated carbocycles. The molecule has 118 valence electrons. The van der Waals surface area contributed by atoms with Crippen LogP contribution in [0.5, 0.6) is 0 Å². The fourth-order valence-corrected chi connectivity index (χ4v) is 2.75. The number of carbonyl (C=O) groups is 2. The third-order valence-corrected chi connectivity index (χ3v) is 3.93. The van der Waals surface area contributed by atoms with Crippen LogP contribution in [0.2, 0.25) is 5.02 Å². The molecule has 2 aromatic rings. The van der Waals surface area contributed by atoms with E-state index < -0.39 is 6.04 Å². The highest BCUT2D eigenvalue weighted by atomic mass is 35.5. The fourth-order valence-electron chi connectivity index (χ4n) is 2.55. The Hall–Kier alpha value is -2.53. The zero-order valence-electron chi connectivity index (χ0n) is 12.3. The molecule has 3 N–H and O–H groups in total. The average molecular weight is 330 g/mol. The molecule has 23 heavy (non-hydrogen) atoms. The standard InChI is InChI=1S/C17H16ClN3O2/c18-13-8-4-7-12(9-13)15(11-5-2-1-3-6-11)21-16(22)14-10-19-17(23)20-14/h1-9,14-15H,10H2,(H,21,22)(H2,19,20,23)/t14-,15+/m1/s1. The molecule has 3 amide bonds. The Morgan fingerprint density at radius 1 is 1.13 bits per heavy atom. The van der Waals surface area contributed by atoms with E-state index in [4.69, 9.17) is 11.6 Å². The van der Waals surface area contributed by atoms with Gasteiger partial charge in [-0.05, 0) is 23.3 Å². The maximum atomic E-state index is 12.4. The number of hydrogen-bond donors (Lipinski definition) is 3. The molecule has 1 saturated heterocycles. The van der Waals surface area contributed by atoms with E-state index in [0.717, 1.165) is 11.1 Å². The summed E-state index contributed by atoms with van der Waals surface area (Å²) in [6, 6.07) is 15.8. The smallest absolute Gasteiger partial charge is 0.315 e. The topological polar surface area (TPSA) is 70.2 Å². The van der Waals surface area contributed by atoms with Crippen molar-refractivity contribution < 1.29 is 9.59 Å². The molecule has 0 aliphatic carbocycles. The van der Waals surface area contributed by atoms with Crippen LogP contribution >= 0.6 is 11.6 Å². The Balaban J connectivity index is 1.87. The van der Waals surface area contributed by atoms with Crippen molar-refractivity contribution in [3.63, 3.8) is 0 Å². The quantitative estimate of drug-likeness (QED) is 0.805. The first-order valence-corrected chi connectivity index (χ1v) is 7.66. The summed E-state index contributed by atoms with van der Waals surface area (Å²) in [6.45, 7) is 0.279. The highest BCUT2D eigenvalue weighted by Gasteiger charge is 2.29. The Labute approximate surface area is 139 Å². The van der Waals surface area contributed by atoms with Gasteiger partial charge in [0.2, 0.25) is 5.91 Å². The minimum absolute atomic E-state index is 0.239. The molecule has 0 aromatic heterocycles. The van der Waals surface area contributed by atoms with Crippen LogP contribution in [-0.4, -0.2) is 24.5 Å². The van der Waals surface area contributed by atoms with Gasteiger partial charge in [-0.25, -0.2) is 4.79 Å². The van der Waals surface area contributed by atoms with Crippen molar-refractivity contribution in [2.24, 2.45) is 0 Å². The lowest BCUT2D eigenvalue weighted by Gasteiger charge is -2.21. The first-order valence-electron chi connectivity index (χ1n) is 7.28. The molecule has 5 nitrogen and oxygen atoms in total. The van der Waals surface area contributed by atoms with Gasteiger partial charge in [0.25, 0.3) is 0 Å². The van der Waals surface area contributed by atoms with Gasteiger partial charge in [-0.15, -0.1) is 0 Å². The second-order valence-corrected chi connectivity index (χ2v) is 5.75. The van der Waals surface area contributed by atoms with E-state index in [1.807, 2.05) is 48.5 Å². The van der Waals surface area contributed by atoms with Crippen LogP contribution in [0.3, 0.4) is 0 Å². The van der Waals surface area contributed by atoms with E-state index >= 15 is 0 Å². The molecule has 3 rings (SSSR count). The lowest BCUT2D eigenvalue weighted by atomic mass is 9.98. The Bertz CT molecular complexity index is 721. The van der Waals surface area contributed by atoms with Gasteiger partial charge in [0, 0.05) is 11.6 Å². The zero-order valence-corrected chi connectivity index (χ0v) is 13.0. The van der Waals surface area contributed by atoms with Crippen molar-refractivity contribution in [3.8, 4) is 0 Å². The molecule has 1 heterocycles. The maximum Gasteiger partial charge on any atom is 0.315 e. The number of rotatable bonds is 4. The predicted octanol–water partition coefficient (Wildman–Crippen LogP) is 2.23. The fraction of sp³-hybridized carbons (Fsp3) is 0.176.